The van der Waals surface area contributed by atoms with E-state index in [1.54, 1.807) is 18.2 Å². The summed E-state index contributed by atoms with van der Waals surface area (Å²) < 4.78 is 31.5. The van der Waals surface area contributed by atoms with Crippen molar-refractivity contribution in [1.82, 2.24) is 6.15 Å². The van der Waals surface area contributed by atoms with Crippen molar-refractivity contribution in [2.75, 3.05) is 17.6 Å². The third-order valence-electron chi connectivity index (χ3n) is 2.75. The van der Waals surface area contributed by atoms with Gasteiger partial charge in [0.15, 0.2) is 0 Å². The lowest BCUT2D eigenvalue weighted by Crippen LogP contribution is -2.16. The number of hydrogen-bond acceptors (Lipinski definition) is 6. The summed E-state index contributed by atoms with van der Waals surface area (Å²) in [6, 6.07) is 12.1. The molecule has 0 spiro atoms. The second kappa shape index (κ2) is 6.92. The molecule has 2 aromatic carbocycles. The van der Waals surface area contributed by atoms with Gasteiger partial charge in [0, 0.05) is 5.69 Å². The monoisotopic (exact) mass is 323 g/mol. The van der Waals surface area contributed by atoms with Gasteiger partial charge in [-0.3, -0.25) is 4.72 Å². The van der Waals surface area contributed by atoms with Crippen LogP contribution in [0.1, 0.15) is 10.4 Å². The minimum Gasteiger partial charge on any atom is -0.465 e. The van der Waals surface area contributed by atoms with Crippen molar-refractivity contribution in [2.45, 2.75) is 4.90 Å². The Morgan fingerprint density at radius 2 is 1.77 bits per heavy atom. The largest absolute Gasteiger partial charge is 0.465 e. The zero-order chi connectivity index (χ0) is 15.5. The van der Waals surface area contributed by atoms with Crippen LogP contribution in [0, 0.1) is 0 Å². The van der Waals surface area contributed by atoms with E-state index < -0.39 is 16.0 Å². The summed E-state index contributed by atoms with van der Waals surface area (Å²) in [6.07, 6.45) is 0. The van der Waals surface area contributed by atoms with E-state index in [0.717, 1.165) is 0 Å². The number of nitrogens with two attached hydrogens (primary N) is 1. The Morgan fingerprint density at radius 3 is 2.36 bits per heavy atom. The molecule has 0 aliphatic carbocycles. The summed E-state index contributed by atoms with van der Waals surface area (Å²) in [5.74, 6) is -0.673. The topological polar surface area (TPSA) is 133 Å². The van der Waals surface area contributed by atoms with Gasteiger partial charge >= 0.3 is 5.97 Å². The van der Waals surface area contributed by atoms with Crippen LogP contribution in [-0.2, 0) is 14.8 Å². The maximum absolute atomic E-state index is 12.3. The molecule has 0 aromatic heterocycles. The fraction of sp³-hybridized carbons (Fsp3) is 0.0714. The van der Waals surface area contributed by atoms with Crippen LogP contribution in [0.25, 0.3) is 0 Å². The molecule has 8 heteroatoms. The Balaban J connectivity index is 0.00000242. The number of sulfonamides is 1. The van der Waals surface area contributed by atoms with Crippen LogP contribution < -0.4 is 16.6 Å². The van der Waals surface area contributed by atoms with E-state index in [0.29, 0.717) is 5.69 Å². The summed E-state index contributed by atoms with van der Waals surface area (Å²) >= 11 is 0. The van der Waals surface area contributed by atoms with E-state index in [-0.39, 0.29) is 22.3 Å². The fourth-order valence-electron chi connectivity index (χ4n) is 1.73. The number of anilines is 2. The van der Waals surface area contributed by atoms with Gasteiger partial charge < -0.3 is 16.6 Å². The van der Waals surface area contributed by atoms with Gasteiger partial charge in [-0.2, -0.15) is 0 Å². The second-order valence-electron chi connectivity index (χ2n) is 4.22. The number of carbonyl (C=O) groups excluding carboxylic acids is 1. The number of benzene rings is 2. The maximum atomic E-state index is 12.3. The summed E-state index contributed by atoms with van der Waals surface area (Å²) in [5.41, 5.74) is 6.11. The van der Waals surface area contributed by atoms with Crippen LogP contribution in [-0.4, -0.2) is 21.5 Å². The van der Waals surface area contributed by atoms with E-state index in [1.165, 1.54) is 37.4 Å². The van der Waals surface area contributed by atoms with Crippen molar-refractivity contribution in [2.24, 2.45) is 0 Å². The van der Waals surface area contributed by atoms with Crippen LogP contribution in [0.5, 0.6) is 0 Å². The molecule has 0 saturated carbocycles. The van der Waals surface area contributed by atoms with Crippen LogP contribution in [0.4, 0.5) is 11.4 Å². The highest BCUT2D eigenvalue weighted by molar-refractivity contribution is 7.92. The summed E-state index contributed by atoms with van der Waals surface area (Å²) in [5, 5.41) is 0. The van der Waals surface area contributed by atoms with Gasteiger partial charge in [0.2, 0.25) is 0 Å². The van der Waals surface area contributed by atoms with Crippen LogP contribution in [0.15, 0.2) is 53.4 Å². The van der Waals surface area contributed by atoms with Gasteiger partial charge in [-0.05, 0) is 30.3 Å². The summed E-state index contributed by atoms with van der Waals surface area (Å²) in [6.45, 7) is 0. The van der Waals surface area contributed by atoms with Crippen molar-refractivity contribution in [3.05, 3.63) is 54.1 Å². The van der Waals surface area contributed by atoms with Gasteiger partial charge in [-0.25, -0.2) is 13.2 Å². The molecule has 0 heterocycles. The smallest absolute Gasteiger partial charge is 0.340 e. The molecule has 0 bridgehead atoms. The Kier molecular flexibility index (Phi) is 5.50. The molecule has 6 N–H and O–H groups in total. The molecular weight excluding hydrogens is 306 g/mol. The molecule has 0 saturated heterocycles. The zero-order valence-electron chi connectivity index (χ0n) is 11.9. The number of nitrogens with one attached hydrogen (secondary N) is 1. The number of hydrogen-bond donors (Lipinski definition) is 3. The van der Waals surface area contributed by atoms with E-state index in [4.69, 9.17) is 5.73 Å². The second-order valence-corrected chi connectivity index (χ2v) is 5.90. The van der Waals surface area contributed by atoms with Crippen LogP contribution >= 0.6 is 0 Å². The number of carbonyl (C=O) groups is 1. The molecule has 0 aliphatic heterocycles. The predicted molar refractivity (Wildman–Crippen MR) is 84.5 cm³/mol. The minimum atomic E-state index is -3.79. The van der Waals surface area contributed by atoms with E-state index in [9.17, 15) is 13.2 Å². The SMILES string of the molecule is COC(=O)c1cc(N)ccc1NS(=O)(=O)c1ccccc1.N. The molecule has 0 atom stereocenters. The van der Waals surface area contributed by atoms with Gasteiger partial charge in [0.05, 0.1) is 23.3 Å². The Labute approximate surface area is 128 Å². The molecule has 0 fully saturated rings. The highest BCUT2D eigenvalue weighted by Crippen LogP contribution is 2.23. The molecule has 2 rings (SSSR count). The quantitative estimate of drug-likeness (QED) is 0.582. The van der Waals surface area contributed by atoms with E-state index >= 15 is 0 Å². The van der Waals surface area contributed by atoms with Crippen molar-refractivity contribution in [3.8, 4) is 0 Å². The standard InChI is InChI=1S/C14H14N2O4S.H3N/c1-20-14(17)12-9-10(15)7-8-13(12)16-21(18,19)11-5-3-2-4-6-11;/h2-9,16H,15H2,1H3;1H3. The van der Waals surface area contributed by atoms with Gasteiger partial charge in [0.1, 0.15) is 0 Å². The Bertz CT molecular complexity index is 761. The van der Waals surface area contributed by atoms with Crippen molar-refractivity contribution < 1.29 is 17.9 Å². The normalized spacial score (nSPS) is 10.4. The highest BCUT2D eigenvalue weighted by Gasteiger charge is 2.19. The molecule has 0 aliphatic rings. The first-order valence-electron chi connectivity index (χ1n) is 6.00. The van der Waals surface area contributed by atoms with Gasteiger partial charge in [-0.1, -0.05) is 18.2 Å². The molecule has 22 heavy (non-hydrogen) atoms. The third-order valence-corrected chi connectivity index (χ3v) is 4.13. The third kappa shape index (κ3) is 3.74. The van der Waals surface area contributed by atoms with Crippen molar-refractivity contribution >= 4 is 27.4 Å². The number of nitrogen functional groups attached to an aromatic ring is 1. The predicted octanol–water partition coefficient (Wildman–Crippen LogP) is 2.02. The molecule has 118 valence electrons. The number of methoxy groups -OCH3 is 1. The highest BCUT2D eigenvalue weighted by atomic mass is 32.2. The Hall–Kier alpha value is -2.58. The molecule has 7 nitrogen and oxygen atoms in total. The summed E-state index contributed by atoms with van der Waals surface area (Å²) in [7, 11) is -2.58. The fourth-order valence-corrected chi connectivity index (χ4v) is 2.83. The zero-order valence-corrected chi connectivity index (χ0v) is 12.8. The van der Waals surface area contributed by atoms with Crippen molar-refractivity contribution in [3.63, 3.8) is 0 Å². The minimum absolute atomic E-state index is 0. The molecular formula is C14H17N3O4S. The Morgan fingerprint density at radius 1 is 1.14 bits per heavy atom. The van der Waals surface area contributed by atoms with E-state index in [1.807, 2.05) is 0 Å². The average molecular weight is 323 g/mol. The first-order chi connectivity index (χ1) is 9.94. The first-order valence-corrected chi connectivity index (χ1v) is 7.48. The van der Waals surface area contributed by atoms with Gasteiger partial charge in [0.25, 0.3) is 10.0 Å². The summed E-state index contributed by atoms with van der Waals surface area (Å²) in [4.78, 5) is 11.8. The molecule has 0 unspecified atom stereocenters. The van der Waals surface area contributed by atoms with Gasteiger partial charge in [-0.15, -0.1) is 0 Å². The number of rotatable bonds is 4. The van der Waals surface area contributed by atoms with Crippen LogP contribution in [0.2, 0.25) is 0 Å². The van der Waals surface area contributed by atoms with Crippen molar-refractivity contribution in [1.29, 1.82) is 0 Å². The van der Waals surface area contributed by atoms with Crippen LogP contribution in [0.3, 0.4) is 0 Å². The first kappa shape index (κ1) is 17.5. The average Bonchev–Trinajstić information content (AvgIpc) is 2.49. The molecule has 0 amide bonds. The lowest BCUT2D eigenvalue weighted by molar-refractivity contribution is 0.0602. The number of ether oxygens (including phenoxy) is 1. The molecule has 0 radical (unpaired) electrons. The molecule has 2 aromatic rings. The van der Waals surface area contributed by atoms with E-state index in [2.05, 4.69) is 9.46 Å². The lowest BCUT2D eigenvalue weighted by Gasteiger charge is -2.12. The maximum Gasteiger partial charge on any atom is 0.340 e. The number of esters is 1. The lowest BCUT2D eigenvalue weighted by atomic mass is 10.1.